The van der Waals surface area contributed by atoms with E-state index < -0.39 is 22.3 Å². The summed E-state index contributed by atoms with van der Waals surface area (Å²) in [5.74, 6) is -0.0447. The van der Waals surface area contributed by atoms with Crippen LogP contribution in [0, 0.1) is 11.6 Å². The second-order valence-corrected chi connectivity index (χ2v) is 5.50. The molecule has 1 fully saturated rings. The Bertz CT molecular complexity index is 382. The zero-order valence-corrected chi connectivity index (χ0v) is 10.0. The van der Waals surface area contributed by atoms with Crippen LogP contribution >= 0.6 is 23.4 Å². The maximum absolute atomic E-state index is 13.3. The monoisotopic (exact) mass is 264 g/mol. The molecule has 88 valence electrons. The number of halogens is 3. The highest BCUT2D eigenvalue weighted by Crippen LogP contribution is 2.37. The average molecular weight is 265 g/mol. The lowest BCUT2D eigenvalue weighted by molar-refractivity contribution is 0.0275. The summed E-state index contributed by atoms with van der Waals surface area (Å²) in [4.78, 5) is 0. The van der Waals surface area contributed by atoms with Crippen LogP contribution in [-0.2, 0) is 5.60 Å². The minimum Gasteiger partial charge on any atom is -0.385 e. The first-order chi connectivity index (χ1) is 7.53. The first kappa shape index (κ1) is 12.1. The number of hydrogen-bond donors (Lipinski definition) is 1. The second-order valence-electron chi connectivity index (χ2n) is 3.90. The molecule has 0 amide bonds. The molecule has 1 aromatic carbocycles. The fourth-order valence-electron chi connectivity index (χ4n) is 1.82. The van der Waals surface area contributed by atoms with Gasteiger partial charge in [-0.15, -0.1) is 0 Å². The van der Waals surface area contributed by atoms with E-state index in [0.717, 1.165) is 23.6 Å². The first-order valence-electron chi connectivity index (χ1n) is 4.98. The Morgan fingerprint density at radius 2 is 1.69 bits per heavy atom. The van der Waals surface area contributed by atoms with Crippen LogP contribution in [0.5, 0.6) is 0 Å². The molecular weight excluding hydrogens is 254 g/mol. The van der Waals surface area contributed by atoms with Crippen molar-refractivity contribution in [3.8, 4) is 0 Å². The van der Waals surface area contributed by atoms with E-state index in [9.17, 15) is 13.9 Å². The number of rotatable bonds is 1. The number of thioether (sulfide) groups is 1. The summed E-state index contributed by atoms with van der Waals surface area (Å²) in [6.45, 7) is 0. The molecule has 16 heavy (non-hydrogen) atoms. The molecule has 0 bridgehead atoms. The lowest BCUT2D eigenvalue weighted by Gasteiger charge is -2.32. The van der Waals surface area contributed by atoms with Crippen LogP contribution in [0.1, 0.15) is 18.4 Å². The van der Waals surface area contributed by atoms with E-state index >= 15 is 0 Å². The van der Waals surface area contributed by atoms with Crippen molar-refractivity contribution in [2.24, 2.45) is 0 Å². The van der Waals surface area contributed by atoms with Gasteiger partial charge in [0.15, 0.2) is 0 Å². The molecule has 1 aliphatic rings. The third-order valence-corrected chi connectivity index (χ3v) is 4.19. The Hall–Kier alpha value is -0.320. The molecule has 0 atom stereocenters. The van der Waals surface area contributed by atoms with Crippen LogP contribution in [0.3, 0.4) is 0 Å². The van der Waals surface area contributed by atoms with E-state index in [4.69, 9.17) is 11.6 Å². The highest BCUT2D eigenvalue weighted by molar-refractivity contribution is 7.99. The average Bonchev–Trinajstić information content (AvgIpc) is 2.26. The lowest BCUT2D eigenvalue weighted by Crippen LogP contribution is -2.30. The third kappa shape index (κ3) is 2.19. The van der Waals surface area contributed by atoms with Crippen molar-refractivity contribution >= 4 is 23.4 Å². The van der Waals surface area contributed by atoms with Crippen molar-refractivity contribution in [3.05, 3.63) is 34.4 Å². The number of hydrogen-bond acceptors (Lipinski definition) is 2. The van der Waals surface area contributed by atoms with Gasteiger partial charge in [-0.25, -0.2) is 8.78 Å². The van der Waals surface area contributed by atoms with Gasteiger partial charge in [0, 0.05) is 0 Å². The molecule has 2 rings (SSSR count). The summed E-state index contributed by atoms with van der Waals surface area (Å²) < 4.78 is 26.6. The highest BCUT2D eigenvalue weighted by atomic mass is 35.5. The standard InChI is InChI=1S/C11H11ClF2OS/c12-10-8(13)5-7(6-9(10)14)11(15)1-3-16-4-2-11/h5-6,15H,1-4H2. The van der Waals surface area contributed by atoms with Crippen LogP contribution in [-0.4, -0.2) is 16.6 Å². The molecule has 1 aliphatic heterocycles. The van der Waals surface area contributed by atoms with E-state index in [1.807, 2.05) is 0 Å². The number of aliphatic hydroxyl groups is 1. The molecule has 0 saturated carbocycles. The molecule has 5 heteroatoms. The SMILES string of the molecule is OC1(c2cc(F)c(Cl)c(F)c2)CCSCC1. The molecule has 1 nitrogen and oxygen atoms in total. The molecule has 0 unspecified atom stereocenters. The summed E-state index contributed by atoms with van der Waals surface area (Å²) in [5.41, 5.74) is -0.829. The van der Waals surface area contributed by atoms with E-state index in [-0.39, 0.29) is 5.56 Å². The van der Waals surface area contributed by atoms with Crippen LogP contribution in [0.2, 0.25) is 5.02 Å². The molecule has 0 radical (unpaired) electrons. The summed E-state index contributed by atoms with van der Waals surface area (Å²) >= 11 is 7.13. The maximum atomic E-state index is 13.3. The molecule has 1 saturated heterocycles. The Balaban J connectivity index is 2.39. The van der Waals surface area contributed by atoms with Gasteiger partial charge in [0.25, 0.3) is 0 Å². The Morgan fingerprint density at radius 1 is 1.19 bits per heavy atom. The van der Waals surface area contributed by atoms with Crippen LogP contribution < -0.4 is 0 Å². The smallest absolute Gasteiger partial charge is 0.145 e. The van der Waals surface area contributed by atoms with Crippen molar-refractivity contribution in [1.82, 2.24) is 0 Å². The predicted octanol–water partition coefficient (Wildman–Crippen LogP) is 3.33. The molecular formula is C11H11ClF2OS. The largest absolute Gasteiger partial charge is 0.385 e. The molecule has 0 aromatic heterocycles. The van der Waals surface area contributed by atoms with Crippen molar-refractivity contribution in [2.75, 3.05) is 11.5 Å². The minimum atomic E-state index is -1.11. The van der Waals surface area contributed by atoms with Crippen LogP contribution in [0.25, 0.3) is 0 Å². The topological polar surface area (TPSA) is 20.2 Å². The van der Waals surface area contributed by atoms with Crippen molar-refractivity contribution < 1.29 is 13.9 Å². The van der Waals surface area contributed by atoms with E-state index in [1.54, 1.807) is 11.8 Å². The van der Waals surface area contributed by atoms with Gasteiger partial charge in [-0.3, -0.25) is 0 Å². The zero-order valence-electron chi connectivity index (χ0n) is 8.47. The molecule has 1 heterocycles. The zero-order chi connectivity index (χ0) is 11.8. The first-order valence-corrected chi connectivity index (χ1v) is 6.51. The van der Waals surface area contributed by atoms with E-state index in [1.165, 1.54) is 0 Å². The molecule has 1 N–H and O–H groups in total. The van der Waals surface area contributed by atoms with Crippen LogP contribution in [0.4, 0.5) is 8.78 Å². The van der Waals surface area contributed by atoms with Gasteiger partial charge in [-0.2, -0.15) is 11.8 Å². The fourth-order valence-corrected chi connectivity index (χ4v) is 3.10. The normalized spacial score (nSPS) is 19.8. The van der Waals surface area contributed by atoms with E-state index in [2.05, 4.69) is 0 Å². The lowest BCUT2D eigenvalue weighted by atomic mass is 9.88. The van der Waals surface area contributed by atoms with Gasteiger partial charge in [-0.05, 0) is 42.0 Å². The van der Waals surface area contributed by atoms with Crippen LogP contribution in [0.15, 0.2) is 12.1 Å². The summed E-state index contributed by atoms with van der Waals surface area (Å²) in [6.07, 6.45) is 1.02. The van der Waals surface area contributed by atoms with Gasteiger partial charge in [0.1, 0.15) is 16.7 Å². The van der Waals surface area contributed by atoms with Crippen molar-refractivity contribution in [2.45, 2.75) is 18.4 Å². The van der Waals surface area contributed by atoms with Gasteiger partial charge in [0.05, 0.1) is 5.60 Å². The summed E-state index contributed by atoms with van der Waals surface area (Å²) in [5, 5.41) is 9.78. The molecule has 0 aliphatic carbocycles. The summed E-state index contributed by atoms with van der Waals surface area (Å²) in [6, 6.07) is 2.25. The van der Waals surface area contributed by atoms with Gasteiger partial charge in [-0.1, -0.05) is 11.6 Å². The van der Waals surface area contributed by atoms with Crippen molar-refractivity contribution in [1.29, 1.82) is 0 Å². The van der Waals surface area contributed by atoms with Crippen molar-refractivity contribution in [3.63, 3.8) is 0 Å². The second kappa shape index (κ2) is 4.51. The third-order valence-electron chi connectivity index (χ3n) is 2.84. The predicted molar refractivity (Wildman–Crippen MR) is 61.8 cm³/mol. The highest BCUT2D eigenvalue weighted by Gasteiger charge is 2.32. The van der Waals surface area contributed by atoms with Gasteiger partial charge < -0.3 is 5.11 Å². The summed E-state index contributed by atoms with van der Waals surface area (Å²) in [7, 11) is 0. The quantitative estimate of drug-likeness (QED) is 0.785. The minimum absolute atomic E-state index is 0.284. The Kier molecular flexibility index (Phi) is 3.42. The number of benzene rings is 1. The van der Waals surface area contributed by atoms with E-state index in [0.29, 0.717) is 12.8 Å². The maximum Gasteiger partial charge on any atom is 0.145 e. The molecule has 1 aromatic rings. The fraction of sp³-hybridized carbons (Fsp3) is 0.455. The Labute approximate surface area is 102 Å². The van der Waals surface area contributed by atoms with Gasteiger partial charge >= 0.3 is 0 Å². The Morgan fingerprint density at radius 3 is 2.19 bits per heavy atom. The van der Waals surface area contributed by atoms with Gasteiger partial charge in [0.2, 0.25) is 0 Å². The molecule has 0 spiro atoms.